The Morgan fingerprint density at radius 2 is 2.09 bits per heavy atom. The topological polar surface area (TPSA) is 62.9 Å². The first kappa shape index (κ1) is 16.6. The van der Waals surface area contributed by atoms with Crippen LogP contribution in [0.4, 0.5) is 5.69 Å². The molecule has 0 aliphatic carbocycles. The largest absolute Gasteiger partial charge is 0.495 e. The number of aliphatic imine (C=N–C) groups is 1. The van der Waals surface area contributed by atoms with Crippen molar-refractivity contribution in [2.24, 2.45) is 16.6 Å². The molecule has 0 atom stereocenters. The molecule has 1 aromatic rings. The van der Waals surface area contributed by atoms with Crippen molar-refractivity contribution in [2.45, 2.75) is 26.2 Å². The zero-order valence-corrected chi connectivity index (χ0v) is 13.7. The molecular weight excluding hydrogens is 276 g/mol. The summed E-state index contributed by atoms with van der Waals surface area (Å²) in [6.07, 6.45) is 3.68. The third-order valence-electron chi connectivity index (χ3n) is 4.16. The standard InChI is InChI=1S/C17H28N4O/c1-14-8-12-21(13-9-14)11-5-10-19-17(18)20-15-6-3-4-7-16(15)22-2/h3-4,6-7,14H,5,8-13H2,1-2H3,(H3,18,19,20). The number of guanidine groups is 1. The van der Waals surface area contributed by atoms with E-state index in [1.54, 1.807) is 7.11 Å². The fraction of sp³-hybridized carbons (Fsp3) is 0.588. The van der Waals surface area contributed by atoms with E-state index < -0.39 is 0 Å². The molecule has 3 N–H and O–H groups in total. The predicted octanol–water partition coefficient (Wildman–Crippen LogP) is 2.54. The first-order chi connectivity index (χ1) is 10.7. The minimum atomic E-state index is 0.441. The van der Waals surface area contributed by atoms with Crippen LogP contribution in [0.1, 0.15) is 26.2 Å². The molecule has 1 aromatic carbocycles. The average Bonchev–Trinajstić information content (AvgIpc) is 2.54. The Morgan fingerprint density at radius 1 is 1.36 bits per heavy atom. The molecule has 5 nitrogen and oxygen atoms in total. The molecule has 122 valence electrons. The van der Waals surface area contributed by atoms with Gasteiger partial charge in [0.15, 0.2) is 5.96 Å². The van der Waals surface area contributed by atoms with E-state index in [0.717, 1.165) is 36.9 Å². The summed E-state index contributed by atoms with van der Waals surface area (Å²) in [5.41, 5.74) is 6.78. The number of ether oxygens (including phenoxy) is 1. The van der Waals surface area contributed by atoms with Gasteiger partial charge in [0, 0.05) is 6.54 Å². The molecule has 1 fully saturated rings. The Kier molecular flexibility index (Phi) is 6.52. The summed E-state index contributed by atoms with van der Waals surface area (Å²) < 4.78 is 5.28. The van der Waals surface area contributed by atoms with Gasteiger partial charge in [-0.25, -0.2) is 0 Å². The highest BCUT2D eigenvalue weighted by atomic mass is 16.5. The van der Waals surface area contributed by atoms with Crippen molar-refractivity contribution in [2.75, 3.05) is 38.6 Å². The first-order valence-corrected chi connectivity index (χ1v) is 8.11. The molecule has 0 spiro atoms. The molecule has 1 saturated heterocycles. The lowest BCUT2D eigenvalue weighted by molar-refractivity contribution is 0.192. The number of hydrogen-bond donors (Lipinski definition) is 2. The van der Waals surface area contributed by atoms with Gasteiger partial charge in [-0.2, -0.15) is 0 Å². The van der Waals surface area contributed by atoms with Crippen molar-refractivity contribution in [3.63, 3.8) is 0 Å². The van der Waals surface area contributed by atoms with Gasteiger partial charge in [-0.3, -0.25) is 4.99 Å². The predicted molar refractivity (Wildman–Crippen MR) is 92.6 cm³/mol. The van der Waals surface area contributed by atoms with Crippen LogP contribution in [0, 0.1) is 5.92 Å². The minimum absolute atomic E-state index is 0.441. The van der Waals surface area contributed by atoms with Crippen molar-refractivity contribution < 1.29 is 4.74 Å². The maximum absolute atomic E-state index is 5.94. The fourth-order valence-electron chi connectivity index (χ4n) is 2.70. The number of nitrogens with zero attached hydrogens (tertiary/aromatic N) is 2. The summed E-state index contributed by atoms with van der Waals surface area (Å²) in [7, 11) is 1.65. The molecule has 2 rings (SSSR count). The van der Waals surface area contributed by atoms with E-state index in [1.165, 1.54) is 25.9 Å². The van der Waals surface area contributed by atoms with E-state index >= 15 is 0 Å². The van der Waals surface area contributed by atoms with Gasteiger partial charge in [0.2, 0.25) is 0 Å². The molecule has 0 unspecified atom stereocenters. The van der Waals surface area contributed by atoms with Crippen LogP contribution in [0.5, 0.6) is 5.75 Å². The third-order valence-corrected chi connectivity index (χ3v) is 4.16. The summed E-state index contributed by atoms with van der Waals surface area (Å²) in [5, 5.41) is 3.09. The Bertz CT molecular complexity index is 481. The van der Waals surface area contributed by atoms with Crippen molar-refractivity contribution in [1.29, 1.82) is 0 Å². The SMILES string of the molecule is COc1ccccc1NC(N)=NCCCN1CCC(C)CC1. The lowest BCUT2D eigenvalue weighted by Gasteiger charge is -2.29. The second kappa shape index (κ2) is 8.63. The monoisotopic (exact) mass is 304 g/mol. The number of hydrogen-bond acceptors (Lipinski definition) is 3. The summed E-state index contributed by atoms with van der Waals surface area (Å²) >= 11 is 0. The molecule has 22 heavy (non-hydrogen) atoms. The summed E-state index contributed by atoms with van der Waals surface area (Å²) in [6, 6.07) is 7.69. The van der Waals surface area contributed by atoms with Gasteiger partial charge in [0.05, 0.1) is 12.8 Å². The average molecular weight is 304 g/mol. The third kappa shape index (κ3) is 5.22. The number of para-hydroxylation sites is 2. The molecule has 0 bridgehead atoms. The lowest BCUT2D eigenvalue weighted by Crippen LogP contribution is -2.34. The van der Waals surface area contributed by atoms with E-state index in [0.29, 0.717) is 5.96 Å². The second-order valence-corrected chi connectivity index (χ2v) is 5.97. The number of benzene rings is 1. The Morgan fingerprint density at radius 3 is 2.82 bits per heavy atom. The molecule has 5 heteroatoms. The maximum atomic E-state index is 5.94. The van der Waals surface area contributed by atoms with Crippen LogP contribution in [0.3, 0.4) is 0 Å². The lowest BCUT2D eigenvalue weighted by atomic mass is 9.99. The number of likely N-dealkylation sites (tertiary alicyclic amines) is 1. The zero-order valence-electron chi connectivity index (χ0n) is 13.7. The zero-order chi connectivity index (χ0) is 15.8. The number of rotatable bonds is 6. The maximum Gasteiger partial charge on any atom is 0.193 e. The number of nitrogens with one attached hydrogen (secondary N) is 1. The molecular formula is C17H28N4O. The molecule has 0 amide bonds. The molecule has 0 radical (unpaired) electrons. The molecule has 0 aromatic heterocycles. The van der Waals surface area contributed by atoms with Gasteiger partial charge in [-0.05, 0) is 56.9 Å². The highest BCUT2D eigenvalue weighted by Gasteiger charge is 2.14. The number of anilines is 1. The van der Waals surface area contributed by atoms with Crippen molar-refractivity contribution >= 4 is 11.6 Å². The minimum Gasteiger partial charge on any atom is -0.495 e. The second-order valence-electron chi connectivity index (χ2n) is 5.97. The van der Waals surface area contributed by atoms with E-state index in [-0.39, 0.29) is 0 Å². The van der Waals surface area contributed by atoms with Gasteiger partial charge < -0.3 is 20.7 Å². The van der Waals surface area contributed by atoms with Crippen molar-refractivity contribution in [1.82, 2.24) is 4.90 Å². The molecule has 0 saturated carbocycles. The van der Waals surface area contributed by atoms with Crippen LogP contribution in [-0.4, -0.2) is 44.1 Å². The van der Waals surface area contributed by atoms with Crippen molar-refractivity contribution in [3.05, 3.63) is 24.3 Å². The highest BCUT2D eigenvalue weighted by molar-refractivity contribution is 5.93. The summed E-state index contributed by atoms with van der Waals surface area (Å²) in [6.45, 7) is 6.64. The normalized spacial score (nSPS) is 17.5. The van der Waals surface area contributed by atoms with Gasteiger partial charge in [-0.1, -0.05) is 19.1 Å². The quantitative estimate of drug-likeness (QED) is 0.482. The first-order valence-electron chi connectivity index (χ1n) is 8.11. The van der Waals surface area contributed by atoms with Crippen LogP contribution >= 0.6 is 0 Å². The smallest absolute Gasteiger partial charge is 0.193 e. The highest BCUT2D eigenvalue weighted by Crippen LogP contribution is 2.22. The fourth-order valence-corrected chi connectivity index (χ4v) is 2.70. The van der Waals surface area contributed by atoms with Gasteiger partial charge >= 0.3 is 0 Å². The molecule has 1 aliphatic heterocycles. The van der Waals surface area contributed by atoms with Crippen LogP contribution in [0.15, 0.2) is 29.3 Å². The van der Waals surface area contributed by atoms with Gasteiger partial charge in [0.25, 0.3) is 0 Å². The molecule has 1 aliphatic rings. The number of piperidine rings is 1. The Balaban J connectivity index is 1.71. The van der Waals surface area contributed by atoms with Gasteiger partial charge in [0.1, 0.15) is 5.75 Å². The number of nitrogens with two attached hydrogens (primary N) is 1. The van der Waals surface area contributed by atoms with Crippen LogP contribution in [-0.2, 0) is 0 Å². The van der Waals surface area contributed by atoms with Crippen LogP contribution < -0.4 is 15.8 Å². The number of methoxy groups -OCH3 is 1. The van der Waals surface area contributed by atoms with E-state index in [9.17, 15) is 0 Å². The molecule has 1 heterocycles. The van der Waals surface area contributed by atoms with E-state index in [4.69, 9.17) is 10.5 Å². The van der Waals surface area contributed by atoms with Crippen molar-refractivity contribution in [3.8, 4) is 5.75 Å². The Hall–Kier alpha value is -1.75. The van der Waals surface area contributed by atoms with Gasteiger partial charge in [-0.15, -0.1) is 0 Å². The van der Waals surface area contributed by atoms with E-state index in [2.05, 4.69) is 22.1 Å². The van der Waals surface area contributed by atoms with E-state index in [1.807, 2.05) is 24.3 Å². The summed E-state index contributed by atoms with van der Waals surface area (Å²) in [5.74, 6) is 2.09. The Labute approximate surface area is 133 Å². The summed E-state index contributed by atoms with van der Waals surface area (Å²) in [4.78, 5) is 6.92. The van der Waals surface area contributed by atoms with Crippen LogP contribution in [0.2, 0.25) is 0 Å². The van der Waals surface area contributed by atoms with Crippen LogP contribution in [0.25, 0.3) is 0 Å².